The minimum absolute atomic E-state index is 0.693. The molecule has 2 aromatic heterocycles. The van der Waals surface area contributed by atoms with Crippen LogP contribution in [0.5, 0.6) is 0 Å². The highest BCUT2D eigenvalue weighted by Gasteiger charge is 2.01. The SMILES string of the molecule is N#Cc1ccc(CNCc2cn3ccsc3n2)cc1. The van der Waals surface area contributed by atoms with Gasteiger partial charge in [-0.2, -0.15) is 5.26 Å². The number of rotatable bonds is 4. The molecule has 0 aliphatic heterocycles. The summed E-state index contributed by atoms with van der Waals surface area (Å²) < 4.78 is 2.03. The largest absolute Gasteiger partial charge is 0.307 e. The number of thiazole rings is 1. The van der Waals surface area contributed by atoms with Gasteiger partial charge in [0.25, 0.3) is 0 Å². The molecule has 0 aliphatic carbocycles. The van der Waals surface area contributed by atoms with E-state index in [1.807, 2.05) is 46.4 Å². The van der Waals surface area contributed by atoms with E-state index in [-0.39, 0.29) is 0 Å². The summed E-state index contributed by atoms with van der Waals surface area (Å²) in [5.74, 6) is 0. The maximum atomic E-state index is 8.73. The molecule has 0 spiro atoms. The van der Waals surface area contributed by atoms with E-state index in [0.29, 0.717) is 5.56 Å². The van der Waals surface area contributed by atoms with E-state index in [1.165, 1.54) is 5.56 Å². The quantitative estimate of drug-likeness (QED) is 0.791. The maximum absolute atomic E-state index is 8.73. The molecule has 1 aromatic carbocycles. The van der Waals surface area contributed by atoms with Gasteiger partial charge in [0, 0.05) is 30.9 Å². The molecule has 1 N–H and O–H groups in total. The first-order valence-electron chi connectivity index (χ1n) is 5.96. The fourth-order valence-electron chi connectivity index (χ4n) is 1.89. The molecule has 94 valence electrons. The Morgan fingerprint density at radius 3 is 2.84 bits per heavy atom. The van der Waals surface area contributed by atoms with Gasteiger partial charge in [-0.1, -0.05) is 12.1 Å². The fraction of sp³-hybridized carbons (Fsp3) is 0.143. The van der Waals surface area contributed by atoms with Gasteiger partial charge in [-0.3, -0.25) is 4.40 Å². The van der Waals surface area contributed by atoms with Gasteiger partial charge in [0.1, 0.15) is 0 Å². The van der Waals surface area contributed by atoms with Gasteiger partial charge in [-0.15, -0.1) is 11.3 Å². The number of hydrogen-bond acceptors (Lipinski definition) is 4. The summed E-state index contributed by atoms with van der Waals surface area (Å²) >= 11 is 1.64. The number of aromatic nitrogens is 2. The highest BCUT2D eigenvalue weighted by molar-refractivity contribution is 7.15. The number of benzene rings is 1. The summed E-state index contributed by atoms with van der Waals surface area (Å²) in [5, 5.41) is 14.1. The molecule has 4 nitrogen and oxygen atoms in total. The molecule has 0 aliphatic rings. The summed E-state index contributed by atoms with van der Waals surface area (Å²) in [6, 6.07) is 9.73. The number of nitrogens with zero attached hydrogens (tertiary/aromatic N) is 3. The summed E-state index contributed by atoms with van der Waals surface area (Å²) in [7, 11) is 0. The Morgan fingerprint density at radius 2 is 2.11 bits per heavy atom. The predicted octanol–water partition coefficient (Wildman–Crippen LogP) is 2.56. The third-order valence-corrected chi connectivity index (χ3v) is 3.63. The Hall–Kier alpha value is -2.16. The van der Waals surface area contributed by atoms with Crippen LogP contribution in [-0.4, -0.2) is 9.38 Å². The molecule has 0 saturated carbocycles. The molecule has 0 radical (unpaired) electrons. The van der Waals surface area contributed by atoms with Crippen LogP contribution in [0, 0.1) is 11.3 Å². The molecule has 0 fully saturated rings. The van der Waals surface area contributed by atoms with Crippen molar-refractivity contribution in [3.63, 3.8) is 0 Å². The van der Waals surface area contributed by atoms with Crippen LogP contribution in [0.2, 0.25) is 0 Å². The van der Waals surface area contributed by atoms with E-state index >= 15 is 0 Å². The first-order valence-corrected chi connectivity index (χ1v) is 6.84. The van der Waals surface area contributed by atoms with E-state index in [0.717, 1.165) is 23.7 Å². The standard InChI is InChI=1S/C14H12N4S/c15-7-11-1-3-12(4-2-11)8-16-9-13-10-18-5-6-19-14(18)17-13/h1-6,10,16H,8-9H2. The van der Waals surface area contributed by atoms with E-state index in [9.17, 15) is 0 Å². The van der Waals surface area contributed by atoms with Gasteiger partial charge in [0.05, 0.1) is 17.3 Å². The lowest BCUT2D eigenvalue weighted by molar-refractivity contribution is 0.683. The minimum Gasteiger partial charge on any atom is -0.307 e. The molecule has 0 unspecified atom stereocenters. The number of imidazole rings is 1. The van der Waals surface area contributed by atoms with E-state index in [4.69, 9.17) is 5.26 Å². The maximum Gasteiger partial charge on any atom is 0.193 e. The Morgan fingerprint density at radius 1 is 1.26 bits per heavy atom. The highest BCUT2D eigenvalue weighted by atomic mass is 32.1. The van der Waals surface area contributed by atoms with Crippen LogP contribution in [0.4, 0.5) is 0 Å². The van der Waals surface area contributed by atoms with Crippen LogP contribution < -0.4 is 5.32 Å². The Kier molecular flexibility index (Phi) is 3.27. The van der Waals surface area contributed by atoms with Crippen LogP contribution in [0.25, 0.3) is 4.96 Å². The Labute approximate surface area is 115 Å². The normalized spacial score (nSPS) is 10.7. The lowest BCUT2D eigenvalue weighted by Crippen LogP contribution is -2.12. The van der Waals surface area contributed by atoms with Crippen molar-refractivity contribution in [1.29, 1.82) is 5.26 Å². The zero-order valence-electron chi connectivity index (χ0n) is 10.2. The van der Waals surface area contributed by atoms with Gasteiger partial charge in [0.15, 0.2) is 4.96 Å². The number of nitriles is 1. The second-order valence-corrected chi connectivity index (χ2v) is 5.11. The zero-order valence-corrected chi connectivity index (χ0v) is 11.0. The average Bonchev–Trinajstić information content (AvgIpc) is 3.00. The molecule has 3 rings (SSSR count). The molecule has 0 bridgehead atoms. The predicted molar refractivity (Wildman–Crippen MR) is 74.8 cm³/mol. The van der Waals surface area contributed by atoms with Crippen molar-refractivity contribution in [3.05, 3.63) is 58.9 Å². The summed E-state index contributed by atoms with van der Waals surface area (Å²) in [4.78, 5) is 5.53. The topological polar surface area (TPSA) is 53.1 Å². The smallest absolute Gasteiger partial charge is 0.193 e. The lowest BCUT2D eigenvalue weighted by Gasteiger charge is -2.02. The highest BCUT2D eigenvalue weighted by Crippen LogP contribution is 2.11. The van der Waals surface area contributed by atoms with Crippen LogP contribution >= 0.6 is 11.3 Å². The number of nitrogens with one attached hydrogen (secondary N) is 1. The average molecular weight is 268 g/mol. The minimum atomic E-state index is 0.693. The van der Waals surface area contributed by atoms with Crippen molar-refractivity contribution in [2.45, 2.75) is 13.1 Å². The summed E-state index contributed by atoms with van der Waals surface area (Å²) in [6.07, 6.45) is 4.05. The van der Waals surface area contributed by atoms with E-state index in [2.05, 4.69) is 16.4 Å². The molecular formula is C14H12N4S. The molecule has 0 amide bonds. The van der Waals surface area contributed by atoms with E-state index < -0.39 is 0 Å². The third kappa shape index (κ3) is 2.65. The molecule has 19 heavy (non-hydrogen) atoms. The van der Waals surface area contributed by atoms with Gasteiger partial charge in [-0.25, -0.2) is 4.98 Å². The van der Waals surface area contributed by atoms with Gasteiger partial charge in [-0.05, 0) is 17.7 Å². The van der Waals surface area contributed by atoms with Crippen molar-refractivity contribution in [2.24, 2.45) is 0 Å². The lowest BCUT2D eigenvalue weighted by atomic mass is 10.1. The van der Waals surface area contributed by atoms with Crippen molar-refractivity contribution in [2.75, 3.05) is 0 Å². The molecule has 0 saturated heterocycles. The second-order valence-electron chi connectivity index (χ2n) is 4.24. The van der Waals surface area contributed by atoms with Crippen LogP contribution in [0.3, 0.4) is 0 Å². The van der Waals surface area contributed by atoms with Crippen molar-refractivity contribution in [3.8, 4) is 6.07 Å². The fourth-order valence-corrected chi connectivity index (χ4v) is 2.61. The number of fused-ring (bicyclic) bond motifs is 1. The molecule has 3 aromatic rings. The van der Waals surface area contributed by atoms with Gasteiger partial charge < -0.3 is 5.32 Å². The van der Waals surface area contributed by atoms with E-state index in [1.54, 1.807) is 11.3 Å². The zero-order chi connectivity index (χ0) is 13.1. The first kappa shape index (κ1) is 11.9. The number of hydrogen-bond donors (Lipinski definition) is 1. The summed E-state index contributed by atoms with van der Waals surface area (Å²) in [6.45, 7) is 1.52. The molecule has 5 heteroatoms. The Bertz CT molecular complexity index is 689. The first-order chi connectivity index (χ1) is 9.35. The Balaban J connectivity index is 1.57. The van der Waals surface area contributed by atoms with Crippen molar-refractivity contribution < 1.29 is 0 Å². The summed E-state index contributed by atoms with van der Waals surface area (Å²) in [5.41, 5.74) is 2.90. The van der Waals surface area contributed by atoms with Crippen LogP contribution in [0.1, 0.15) is 16.8 Å². The second kappa shape index (κ2) is 5.22. The van der Waals surface area contributed by atoms with Crippen molar-refractivity contribution in [1.82, 2.24) is 14.7 Å². The van der Waals surface area contributed by atoms with Gasteiger partial charge in [0.2, 0.25) is 0 Å². The molecule has 2 heterocycles. The van der Waals surface area contributed by atoms with Gasteiger partial charge >= 0.3 is 0 Å². The van der Waals surface area contributed by atoms with Crippen LogP contribution in [0.15, 0.2) is 42.0 Å². The molecular weight excluding hydrogens is 256 g/mol. The molecule has 0 atom stereocenters. The monoisotopic (exact) mass is 268 g/mol. The van der Waals surface area contributed by atoms with Crippen LogP contribution in [-0.2, 0) is 13.1 Å². The van der Waals surface area contributed by atoms with Crippen molar-refractivity contribution >= 4 is 16.3 Å². The third-order valence-electron chi connectivity index (χ3n) is 2.86.